The summed E-state index contributed by atoms with van der Waals surface area (Å²) in [5.74, 6) is 0.0548. The summed E-state index contributed by atoms with van der Waals surface area (Å²) in [5.41, 5.74) is 0.741. The Hall–Kier alpha value is -3.94. The summed E-state index contributed by atoms with van der Waals surface area (Å²) in [6.45, 7) is 1.71. The van der Waals surface area contributed by atoms with Gasteiger partial charge < -0.3 is 14.0 Å². The third kappa shape index (κ3) is 3.15. The number of carbonyl (C=O) groups excluding carboxylic acids is 2. The smallest absolute Gasteiger partial charge is 0.379 e. The third-order valence-electron chi connectivity index (χ3n) is 3.80. The Morgan fingerprint density at radius 3 is 2.74 bits per heavy atom. The topological polar surface area (TPSA) is 105 Å². The van der Waals surface area contributed by atoms with Crippen molar-refractivity contribution in [3.63, 3.8) is 0 Å². The molecule has 0 radical (unpaired) electrons. The first-order chi connectivity index (χ1) is 13.0. The lowest BCUT2D eigenvalue weighted by Crippen LogP contribution is -2.38. The molecule has 1 amide bonds. The Bertz CT molecular complexity index is 1030. The van der Waals surface area contributed by atoms with E-state index in [9.17, 15) is 9.59 Å². The number of ether oxygens (including phenoxy) is 1. The standard InChI is InChI=1S/C19H13N3O5/c1-11-9-16-21-18(23)14(17(20)22(16)27-11)10-12-4-6-13(7-5-12)26-19(24)15-3-2-8-25-15/h2-10,20H,1H3/b14-10-,20-17?. The highest BCUT2D eigenvalue weighted by molar-refractivity contribution is 6.32. The van der Waals surface area contributed by atoms with Crippen LogP contribution in [0.4, 0.5) is 0 Å². The quantitative estimate of drug-likeness (QED) is 0.511. The number of nitrogens with zero attached hydrogens (tertiary/aromatic N) is 2. The zero-order valence-corrected chi connectivity index (χ0v) is 14.1. The predicted molar refractivity (Wildman–Crippen MR) is 94.9 cm³/mol. The fraction of sp³-hybridized carbons (Fsp3) is 0.0526. The van der Waals surface area contributed by atoms with E-state index in [1.54, 1.807) is 43.3 Å². The first-order valence-corrected chi connectivity index (χ1v) is 7.97. The summed E-state index contributed by atoms with van der Waals surface area (Å²) in [5, 5.41) is 9.37. The zero-order valence-electron chi connectivity index (χ0n) is 14.1. The fourth-order valence-corrected chi connectivity index (χ4v) is 2.55. The molecule has 1 N–H and O–H groups in total. The molecular weight excluding hydrogens is 350 g/mol. The number of nitrogens with one attached hydrogen (secondary N) is 1. The average Bonchev–Trinajstić information content (AvgIpc) is 3.29. The number of amides is 1. The van der Waals surface area contributed by atoms with Crippen LogP contribution < -0.4 is 4.74 Å². The van der Waals surface area contributed by atoms with Crippen LogP contribution in [0.5, 0.6) is 5.75 Å². The van der Waals surface area contributed by atoms with Gasteiger partial charge in [-0.15, -0.1) is 5.06 Å². The number of fused-ring (bicyclic) bond motifs is 1. The highest BCUT2D eigenvalue weighted by Gasteiger charge is 2.34. The molecule has 1 aromatic carbocycles. The number of aliphatic imine (C=N–C) groups is 1. The number of benzene rings is 1. The molecule has 0 spiro atoms. The monoisotopic (exact) mass is 363 g/mol. The first-order valence-electron chi connectivity index (χ1n) is 7.97. The largest absolute Gasteiger partial charge is 0.457 e. The van der Waals surface area contributed by atoms with Crippen molar-refractivity contribution in [1.82, 2.24) is 5.06 Å². The van der Waals surface area contributed by atoms with E-state index in [2.05, 4.69) is 4.99 Å². The normalized spacial score (nSPS) is 17.4. The van der Waals surface area contributed by atoms with E-state index < -0.39 is 11.9 Å². The molecule has 0 fully saturated rings. The summed E-state index contributed by atoms with van der Waals surface area (Å²) in [4.78, 5) is 33.4. The Balaban J connectivity index is 1.52. The minimum absolute atomic E-state index is 0.0913. The number of furan rings is 1. The molecule has 2 aromatic rings. The minimum Gasteiger partial charge on any atom is -0.457 e. The van der Waals surface area contributed by atoms with Gasteiger partial charge in [-0.25, -0.2) is 4.79 Å². The molecule has 2 aliphatic heterocycles. The van der Waals surface area contributed by atoms with Crippen molar-refractivity contribution in [3.05, 3.63) is 71.4 Å². The van der Waals surface area contributed by atoms with Gasteiger partial charge in [-0.2, -0.15) is 4.99 Å². The molecule has 0 unspecified atom stereocenters. The summed E-state index contributed by atoms with van der Waals surface area (Å²) in [6, 6.07) is 9.58. The zero-order chi connectivity index (χ0) is 19.0. The van der Waals surface area contributed by atoms with Gasteiger partial charge in [0, 0.05) is 6.08 Å². The van der Waals surface area contributed by atoms with Crippen molar-refractivity contribution in [1.29, 1.82) is 5.41 Å². The Morgan fingerprint density at radius 1 is 1.26 bits per heavy atom. The van der Waals surface area contributed by atoms with Crippen LogP contribution in [-0.2, 0) is 9.63 Å². The van der Waals surface area contributed by atoms with Gasteiger partial charge in [0.15, 0.2) is 11.7 Å². The molecule has 0 saturated carbocycles. The van der Waals surface area contributed by atoms with Crippen LogP contribution in [0, 0.1) is 5.41 Å². The van der Waals surface area contributed by atoms with Gasteiger partial charge in [0.05, 0.1) is 11.8 Å². The average molecular weight is 363 g/mol. The summed E-state index contributed by atoms with van der Waals surface area (Å²) < 4.78 is 10.2. The molecule has 0 atom stereocenters. The molecule has 27 heavy (non-hydrogen) atoms. The van der Waals surface area contributed by atoms with Gasteiger partial charge in [0.2, 0.25) is 5.76 Å². The van der Waals surface area contributed by atoms with Crippen LogP contribution in [0.15, 0.2) is 69.5 Å². The van der Waals surface area contributed by atoms with E-state index in [1.165, 1.54) is 23.5 Å². The van der Waals surface area contributed by atoms with Gasteiger partial charge in [0.25, 0.3) is 5.91 Å². The molecular formula is C19H13N3O5. The SMILES string of the molecule is CC1=CC2=NC(=O)/C(=C\c3ccc(OC(=O)c4ccco4)cc3)C(=N)N2O1. The molecule has 0 aliphatic carbocycles. The van der Waals surface area contributed by atoms with Crippen LogP contribution in [0.25, 0.3) is 6.08 Å². The Morgan fingerprint density at radius 2 is 2.04 bits per heavy atom. The second-order valence-electron chi connectivity index (χ2n) is 5.76. The van der Waals surface area contributed by atoms with E-state index in [1.807, 2.05) is 0 Å². The molecule has 1 aromatic heterocycles. The van der Waals surface area contributed by atoms with Crippen molar-refractivity contribution < 1.29 is 23.6 Å². The van der Waals surface area contributed by atoms with Crippen molar-refractivity contribution in [2.45, 2.75) is 6.92 Å². The van der Waals surface area contributed by atoms with Crippen molar-refractivity contribution in [2.24, 2.45) is 4.99 Å². The van der Waals surface area contributed by atoms with Crippen LogP contribution in [0.2, 0.25) is 0 Å². The Labute approximate surface area is 153 Å². The maximum atomic E-state index is 12.2. The lowest BCUT2D eigenvalue weighted by molar-refractivity contribution is -0.114. The number of hydrogen-bond acceptors (Lipinski definition) is 6. The lowest BCUT2D eigenvalue weighted by Gasteiger charge is -2.22. The van der Waals surface area contributed by atoms with Gasteiger partial charge in [-0.1, -0.05) is 12.1 Å². The van der Waals surface area contributed by atoms with E-state index in [4.69, 9.17) is 19.4 Å². The summed E-state index contributed by atoms with van der Waals surface area (Å²) >= 11 is 0. The molecule has 8 nitrogen and oxygen atoms in total. The van der Waals surface area contributed by atoms with Crippen LogP contribution >= 0.6 is 0 Å². The molecule has 2 aliphatic rings. The fourth-order valence-electron chi connectivity index (χ4n) is 2.55. The van der Waals surface area contributed by atoms with Gasteiger partial charge >= 0.3 is 5.97 Å². The number of hydroxylamine groups is 2. The van der Waals surface area contributed by atoms with E-state index in [0.29, 0.717) is 22.9 Å². The van der Waals surface area contributed by atoms with Crippen molar-refractivity contribution in [2.75, 3.05) is 0 Å². The maximum Gasteiger partial charge on any atom is 0.379 e. The highest BCUT2D eigenvalue weighted by Crippen LogP contribution is 2.24. The molecule has 0 bridgehead atoms. The van der Waals surface area contributed by atoms with Crippen LogP contribution in [0.1, 0.15) is 23.0 Å². The minimum atomic E-state index is -0.605. The first kappa shape index (κ1) is 16.5. The molecule has 0 saturated heterocycles. The number of amidine groups is 2. The number of rotatable bonds is 3. The van der Waals surface area contributed by atoms with Crippen molar-refractivity contribution >= 4 is 29.6 Å². The second kappa shape index (κ2) is 6.41. The maximum absolute atomic E-state index is 12.2. The van der Waals surface area contributed by atoms with E-state index in [0.717, 1.165) is 0 Å². The van der Waals surface area contributed by atoms with Crippen LogP contribution in [-0.4, -0.2) is 28.6 Å². The van der Waals surface area contributed by atoms with E-state index in [-0.39, 0.29) is 17.2 Å². The van der Waals surface area contributed by atoms with Crippen molar-refractivity contribution in [3.8, 4) is 5.75 Å². The highest BCUT2D eigenvalue weighted by atomic mass is 16.7. The molecule has 4 rings (SSSR count). The molecule has 134 valence electrons. The molecule has 8 heteroatoms. The number of hydrogen-bond donors (Lipinski definition) is 1. The van der Waals surface area contributed by atoms with Crippen LogP contribution in [0.3, 0.4) is 0 Å². The second-order valence-corrected chi connectivity index (χ2v) is 5.76. The summed E-state index contributed by atoms with van der Waals surface area (Å²) in [6.07, 6.45) is 4.50. The third-order valence-corrected chi connectivity index (χ3v) is 3.80. The predicted octanol–water partition coefficient (Wildman–Crippen LogP) is 2.95. The molecule has 3 heterocycles. The number of esters is 1. The summed E-state index contributed by atoms with van der Waals surface area (Å²) in [7, 11) is 0. The van der Waals surface area contributed by atoms with Gasteiger partial charge in [-0.05, 0) is 42.8 Å². The van der Waals surface area contributed by atoms with Gasteiger partial charge in [0.1, 0.15) is 11.5 Å². The lowest BCUT2D eigenvalue weighted by atomic mass is 10.1. The Kier molecular flexibility index (Phi) is 3.92. The van der Waals surface area contributed by atoms with Gasteiger partial charge in [-0.3, -0.25) is 10.2 Å². The number of carbonyl (C=O) groups is 2. The number of allylic oxidation sites excluding steroid dienone is 1. The van der Waals surface area contributed by atoms with E-state index >= 15 is 0 Å².